The van der Waals surface area contributed by atoms with Gasteiger partial charge in [-0.3, -0.25) is 5.41 Å². The van der Waals surface area contributed by atoms with Crippen LogP contribution in [0.25, 0.3) is 0 Å². The summed E-state index contributed by atoms with van der Waals surface area (Å²) in [5, 5.41) is 18.7. The molecule has 148 valence electrons. The zero-order valence-corrected chi connectivity index (χ0v) is 15.0. The van der Waals surface area contributed by atoms with E-state index in [4.69, 9.17) is 15.9 Å². The van der Waals surface area contributed by atoms with Crippen LogP contribution in [0.3, 0.4) is 0 Å². The second-order valence-electron chi connectivity index (χ2n) is 7.41. The number of aliphatic hydroxyl groups is 1. The molecule has 0 unspecified atom stereocenters. The first-order chi connectivity index (χ1) is 12.7. The molecule has 2 fully saturated rings. The van der Waals surface area contributed by atoms with Gasteiger partial charge in [0.25, 0.3) is 0 Å². The summed E-state index contributed by atoms with van der Waals surface area (Å²) in [4.78, 5) is 14.6. The summed E-state index contributed by atoms with van der Waals surface area (Å²) in [5.41, 5.74) is 3.64. The first-order valence-corrected chi connectivity index (χ1v) is 9.18. The molecule has 6 nitrogen and oxygen atoms in total. The number of hydrogen-bond donors (Lipinski definition) is 3. The average Bonchev–Trinajstić information content (AvgIpc) is 3.02. The molecule has 0 bridgehead atoms. The Balaban J connectivity index is 1.77. The molecular weight excluding hydrogens is 356 g/mol. The Bertz CT molecular complexity index is 693. The molecule has 0 radical (unpaired) electrons. The highest BCUT2D eigenvalue weighted by molar-refractivity contribution is 5.82. The van der Waals surface area contributed by atoms with Gasteiger partial charge in [-0.2, -0.15) is 0 Å². The van der Waals surface area contributed by atoms with Crippen LogP contribution in [0.2, 0.25) is 0 Å². The normalized spacial score (nSPS) is 25.0. The molecule has 2 aliphatic rings. The average molecular weight is 381 g/mol. The van der Waals surface area contributed by atoms with E-state index in [1.807, 2.05) is 0 Å². The molecule has 1 heterocycles. The Morgan fingerprint density at radius 3 is 2.41 bits per heavy atom. The molecule has 1 saturated heterocycles. The highest BCUT2D eigenvalue weighted by atomic mass is 19.3. The van der Waals surface area contributed by atoms with Crippen molar-refractivity contribution in [2.75, 3.05) is 13.1 Å². The largest absolute Gasteiger partial charge is 0.460 e. The van der Waals surface area contributed by atoms with E-state index in [0.29, 0.717) is 25.9 Å². The van der Waals surface area contributed by atoms with Gasteiger partial charge in [0.15, 0.2) is 11.6 Å². The highest BCUT2D eigenvalue weighted by Crippen LogP contribution is 2.48. The van der Waals surface area contributed by atoms with Crippen molar-refractivity contribution in [3.05, 3.63) is 35.9 Å². The Labute approximate surface area is 156 Å². The lowest BCUT2D eigenvalue weighted by Gasteiger charge is -2.36. The van der Waals surface area contributed by atoms with Crippen molar-refractivity contribution in [2.45, 2.75) is 49.7 Å². The molecule has 1 aliphatic carbocycles. The summed E-state index contributed by atoms with van der Waals surface area (Å²) in [5.74, 6) is -4.70. The van der Waals surface area contributed by atoms with E-state index in [2.05, 4.69) is 0 Å². The first kappa shape index (κ1) is 19.5. The lowest BCUT2D eigenvalue weighted by molar-refractivity contribution is -0.182. The maximum absolute atomic E-state index is 13.8. The van der Waals surface area contributed by atoms with Crippen LogP contribution in [0.15, 0.2) is 30.3 Å². The molecule has 1 aromatic rings. The number of nitrogens with two attached hydrogens (primary N) is 1. The van der Waals surface area contributed by atoms with Crippen molar-refractivity contribution in [2.24, 2.45) is 11.7 Å². The number of carbonyl (C=O) groups is 1. The third kappa shape index (κ3) is 4.05. The summed E-state index contributed by atoms with van der Waals surface area (Å²) in [6, 6.07) is 8.18. The SMILES string of the molecule is N=C(N)N1CCC(OC(=O)[C@](O)(c2ccccc2)[C@@H]2CCC(F)(F)C2)CC1. The van der Waals surface area contributed by atoms with E-state index in [-0.39, 0.29) is 24.4 Å². The lowest BCUT2D eigenvalue weighted by Crippen LogP contribution is -2.48. The molecule has 2 atom stereocenters. The van der Waals surface area contributed by atoms with Crippen molar-refractivity contribution in [3.63, 3.8) is 0 Å². The van der Waals surface area contributed by atoms with Gasteiger partial charge in [0, 0.05) is 44.7 Å². The molecule has 0 amide bonds. The number of esters is 1. The van der Waals surface area contributed by atoms with Gasteiger partial charge < -0.3 is 20.5 Å². The Morgan fingerprint density at radius 2 is 1.89 bits per heavy atom. The van der Waals surface area contributed by atoms with E-state index in [0.717, 1.165) is 0 Å². The van der Waals surface area contributed by atoms with Gasteiger partial charge in [-0.25, -0.2) is 13.6 Å². The zero-order valence-electron chi connectivity index (χ0n) is 15.0. The number of ether oxygens (including phenoxy) is 1. The Morgan fingerprint density at radius 1 is 1.26 bits per heavy atom. The summed E-state index contributed by atoms with van der Waals surface area (Å²) in [7, 11) is 0. The number of halogens is 2. The number of likely N-dealkylation sites (tertiary alicyclic amines) is 1. The minimum absolute atomic E-state index is 0.0336. The van der Waals surface area contributed by atoms with Crippen LogP contribution in [-0.4, -0.2) is 47.1 Å². The number of carbonyl (C=O) groups excluding carboxylic acids is 1. The van der Waals surface area contributed by atoms with Crippen molar-refractivity contribution in [1.29, 1.82) is 5.41 Å². The minimum Gasteiger partial charge on any atom is -0.460 e. The predicted molar refractivity (Wildman–Crippen MR) is 95.2 cm³/mol. The van der Waals surface area contributed by atoms with Gasteiger partial charge in [-0.1, -0.05) is 30.3 Å². The monoisotopic (exact) mass is 381 g/mol. The summed E-state index contributed by atoms with van der Waals surface area (Å²) < 4.78 is 33.1. The fourth-order valence-electron chi connectivity index (χ4n) is 3.97. The molecule has 0 spiro atoms. The standard InChI is InChI=1S/C19H25F2N3O3/c20-18(21)9-6-14(12-18)19(26,13-4-2-1-3-5-13)16(25)27-15-7-10-24(11-8-15)17(22)23/h1-5,14-15,26H,6-12H2,(H3,22,23)/t14-,19+/m1/s1. The molecule has 27 heavy (non-hydrogen) atoms. The zero-order chi connectivity index (χ0) is 19.7. The third-order valence-electron chi connectivity index (χ3n) is 5.58. The predicted octanol–water partition coefficient (Wildman–Crippen LogP) is 2.21. The molecule has 1 saturated carbocycles. The van der Waals surface area contributed by atoms with Crippen molar-refractivity contribution in [3.8, 4) is 0 Å². The number of benzene rings is 1. The number of nitrogens with zero attached hydrogens (tertiary/aromatic N) is 1. The number of alkyl halides is 2. The van der Waals surface area contributed by atoms with Crippen LogP contribution in [0.5, 0.6) is 0 Å². The molecule has 1 aliphatic heterocycles. The summed E-state index contributed by atoms with van der Waals surface area (Å²) >= 11 is 0. The van der Waals surface area contributed by atoms with Crippen LogP contribution in [0, 0.1) is 11.3 Å². The topological polar surface area (TPSA) is 99.6 Å². The van der Waals surface area contributed by atoms with Gasteiger partial charge in [-0.05, 0) is 12.0 Å². The fourth-order valence-corrected chi connectivity index (χ4v) is 3.97. The van der Waals surface area contributed by atoms with Crippen molar-refractivity contribution < 1.29 is 23.4 Å². The maximum Gasteiger partial charge on any atom is 0.343 e. The van der Waals surface area contributed by atoms with Gasteiger partial charge in [0.05, 0.1) is 0 Å². The van der Waals surface area contributed by atoms with Gasteiger partial charge >= 0.3 is 5.97 Å². The van der Waals surface area contributed by atoms with Crippen LogP contribution < -0.4 is 5.73 Å². The molecule has 1 aromatic carbocycles. The number of piperidine rings is 1. The molecular formula is C19H25F2N3O3. The summed E-state index contributed by atoms with van der Waals surface area (Å²) in [6.07, 6.45) is -0.345. The Kier molecular flexibility index (Phi) is 5.37. The maximum atomic E-state index is 13.8. The van der Waals surface area contributed by atoms with Gasteiger partial charge in [0.1, 0.15) is 6.10 Å². The first-order valence-electron chi connectivity index (χ1n) is 9.18. The number of hydrogen-bond acceptors (Lipinski definition) is 4. The van der Waals surface area contributed by atoms with Gasteiger partial charge in [-0.15, -0.1) is 0 Å². The fraction of sp³-hybridized carbons (Fsp3) is 0.579. The Hall–Kier alpha value is -2.22. The lowest BCUT2D eigenvalue weighted by atomic mass is 9.80. The second-order valence-corrected chi connectivity index (χ2v) is 7.41. The smallest absolute Gasteiger partial charge is 0.343 e. The highest BCUT2D eigenvalue weighted by Gasteiger charge is 2.54. The van der Waals surface area contributed by atoms with Crippen molar-refractivity contribution >= 4 is 11.9 Å². The van der Waals surface area contributed by atoms with E-state index in [9.17, 15) is 18.7 Å². The number of nitrogens with one attached hydrogen (secondary N) is 1. The van der Waals surface area contributed by atoms with Crippen LogP contribution in [0.4, 0.5) is 8.78 Å². The minimum atomic E-state index is -2.89. The molecule has 4 N–H and O–H groups in total. The molecule has 8 heteroatoms. The third-order valence-corrected chi connectivity index (χ3v) is 5.58. The molecule has 0 aromatic heterocycles. The van der Waals surface area contributed by atoms with E-state index in [1.165, 1.54) is 0 Å². The van der Waals surface area contributed by atoms with E-state index >= 15 is 0 Å². The van der Waals surface area contributed by atoms with Gasteiger partial charge in [0.2, 0.25) is 5.92 Å². The number of rotatable bonds is 4. The number of guanidine groups is 1. The second kappa shape index (κ2) is 7.42. The summed E-state index contributed by atoms with van der Waals surface area (Å²) in [6.45, 7) is 0.942. The quantitative estimate of drug-likeness (QED) is 0.422. The van der Waals surface area contributed by atoms with E-state index in [1.54, 1.807) is 35.2 Å². The molecule has 3 rings (SSSR count). The van der Waals surface area contributed by atoms with Crippen LogP contribution in [-0.2, 0) is 15.1 Å². The van der Waals surface area contributed by atoms with Crippen LogP contribution in [0.1, 0.15) is 37.7 Å². The van der Waals surface area contributed by atoms with E-state index < -0.39 is 35.9 Å². The van der Waals surface area contributed by atoms with Crippen molar-refractivity contribution in [1.82, 2.24) is 4.90 Å². The van der Waals surface area contributed by atoms with Crippen LogP contribution >= 0.6 is 0 Å².